The lowest BCUT2D eigenvalue weighted by Gasteiger charge is -2.05. The summed E-state index contributed by atoms with van der Waals surface area (Å²) in [5.74, 6) is -0.101. The van der Waals surface area contributed by atoms with E-state index in [1.165, 1.54) is 23.0 Å². The number of rotatable bonds is 4. The average Bonchev–Trinajstić information content (AvgIpc) is 2.68. The smallest absolute Gasteiger partial charge is 0.302 e. The van der Waals surface area contributed by atoms with Crippen LogP contribution in [-0.2, 0) is 16.4 Å². The minimum absolute atomic E-state index is 0.101. The van der Waals surface area contributed by atoms with Crippen LogP contribution in [0.2, 0.25) is 0 Å². The SMILES string of the molecule is Cc1csc(=O)n1CCS(=O)(=O)c1cccnc1. The second-order valence-electron chi connectivity index (χ2n) is 3.80. The van der Waals surface area contributed by atoms with Crippen molar-refractivity contribution >= 4 is 21.2 Å². The van der Waals surface area contributed by atoms with Gasteiger partial charge in [0.1, 0.15) is 0 Å². The molecule has 0 aliphatic heterocycles. The summed E-state index contributed by atoms with van der Waals surface area (Å²) >= 11 is 1.08. The molecular weight excluding hydrogens is 272 g/mol. The van der Waals surface area contributed by atoms with Gasteiger partial charge in [-0.05, 0) is 19.1 Å². The predicted molar refractivity (Wildman–Crippen MR) is 69.6 cm³/mol. The zero-order valence-electron chi connectivity index (χ0n) is 9.74. The number of aromatic nitrogens is 2. The Bertz CT molecular complexity index is 687. The summed E-state index contributed by atoms with van der Waals surface area (Å²) in [6, 6.07) is 3.08. The number of thiazole rings is 1. The maximum atomic E-state index is 12.0. The zero-order valence-corrected chi connectivity index (χ0v) is 11.4. The Labute approximate surface area is 109 Å². The quantitative estimate of drug-likeness (QED) is 0.842. The molecule has 0 saturated heterocycles. The molecule has 2 rings (SSSR count). The van der Waals surface area contributed by atoms with Crippen molar-refractivity contribution in [3.05, 3.63) is 45.3 Å². The lowest BCUT2D eigenvalue weighted by molar-refractivity contribution is 0.586. The Morgan fingerprint density at radius 2 is 2.22 bits per heavy atom. The molecule has 18 heavy (non-hydrogen) atoms. The van der Waals surface area contributed by atoms with E-state index < -0.39 is 9.84 Å². The monoisotopic (exact) mass is 284 g/mol. The molecule has 0 radical (unpaired) electrons. The second kappa shape index (κ2) is 5.03. The summed E-state index contributed by atoms with van der Waals surface area (Å²) in [5, 5.41) is 1.72. The van der Waals surface area contributed by atoms with Gasteiger partial charge in [-0.3, -0.25) is 9.78 Å². The number of nitrogens with zero attached hydrogens (tertiary/aromatic N) is 2. The van der Waals surface area contributed by atoms with Crippen LogP contribution in [0.3, 0.4) is 0 Å². The van der Waals surface area contributed by atoms with E-state index in [0.717, 1.165) is 17.0 Å². The van der Waals surface area contributed by atoms with E-state index in [1.807, 2.05) is 0 Å². The van der Waals surface area contributed by atoms with Crippen molar-refractivity contribution < 1.29 is 8.42 Å². The van der Waals surface area contributed by atoms with Gasteiger partial charge in [-0.1, -0.05) is 11.3 Å². The molecule has 96 valence electrons. The van der Waals surface area contributed by atoms with Gasteiger partial charge in [0.25, 0.3) is 0 Å². The molecule has 7 heteroatoms. The summed E-state index contributed by atoms with van der Waals surface area (Å²) in [5.41, 5.74) is 0.784. The first-order valence-electron chi connectivity index (χ1n) is 5.28. The molecular formula is C11H12N2O3S2. The lowest BCUT2D eigenvalue weighted by atomic mass is 10.5. The average molecular weight is 284 g/mol. The molecule has 0 unspecified atom stereocenters. The van der Waals surface area contributed by atoms with Gasteiger partial charge in [0.2, 0.25) is 0 Å². The highest BCUT2D eigenvalue weighted by atomic mass is 32.2. The maximum absolute atomic E-state index is 12.0. The van der Waals surface area contributed by atoms with Crippen LogP contribution in [0, 0.1) is 6.92 Å². The van der Waals surface area contributed by atoms with Gasteiger partial charge in [0.15, 0.2) is 9.84 Å². The molecule has 0 saturated carbocycles. The van der Waals surface area contributed by atoms with Crippen molar-refractivity contribution in [3.8, 4) is 0 Å². The third-order valence-corrected chi connectivity index (χ3v) is 5.11. The third-order valence-electron chi connectivity index (χ3n) is 2.55. The van der Waals surface area contributed by atoms with E-state index in [-0.39, 0.29) is 22.1 Å². The molecule has 0 aliphatic carbocycles. The van der Waals surface area contributed by atoms with Crippen molar-refractivity contribution in [3.63, 3.8) is 0 Å². The molecule has 2 aromatic rings. The van der Waals surface area contributed by atoms with E-state index in [2.05, 4.69) is 4.98 Å². The number of hydrogen-bond acceptors (Lipinski definition) is 5. The second-order valence-corrected chi connectivity index (χ2v) is 6.73. The first-order valence-corrected chi connectivity index (χ1v) is 7.81. The standard InChI is InChI=1S/C11H12N2O3S2/c1-9-8-17-11(14)13(9)5-6-18(15,16)10-3-2-4-12-7-10/h2-4,7-8H,5-6H2,1H3. The van der Waals surface area contributed by atoms with E-state index in [0.29, 0.717) is 0 Å². The molecule has 2 heterocycles. The minimum atomic E-state index is -3.39. The van der Waals surface area contributed by atoms with E-state index in [1.54, 1.807) is 18.4 Å². The summed E-state index contributed by atoms with van der Waals surface area (Å²) in [4.78, 5) is 15.3. The van der Waals surface area contributed by atoms with Gasteiger partial charge < -0.3 is 4.57 Å². The Kier molecular flexibility index (Phi) is 3.63. The predicted octanol–water partition coefficient (Wildman–Crippen LogP) is 1.09. The molecule has 0 aliphatic rings. The fraction of sp³-hybridized carbons (Fsp3) is 0.273. The largest absolute Gasteiger partial charge is 0.307 e. The Morgan fingerprint density at radius 1 is 1.44 bits per heavy atom. The van der Waals surface area contributed by atoms with Crippen molar-refractivity contribution in [1.82, 2.24) is 9.55 Å². The fourth-order valence-corrected chi connectivity index (χ4v) is 3.46. The van der Waals surface area contributed by atoms with Crippen LogP contribution in [0.15, 0.2) is 39.6 Å². The fourth-order valence-electron chi connectivity index (χ4n) is 1.53. The van der Waals surface area contributed by atoms with E-state index in [9.17, 15) is 13.2 Å². The molecule has 5 nitrogen and oxygen atoms in total. The van der Waals surface area contributed by atoms with Crippen LogP contribution in [0.1, 0.15) is 5.69 Å². The molecule has 0 N–H and O–H groups in total. The lowest BCUT2D eigenvalue weighted by Crippen LogP contribution is -2.21. The highest BCUT2D eigenvalue weighted by Crippen LogP contribution is 2.09. The highest BCUT2D eigenvalue weighted by molar-refractivity contribution is 7.91. The molecule has 0 bridgehead atoms. The highest BCUT2D eigenvalue weighted by Gasteiger charge is 2.15. The first-order chi connectivity index (χ1) is 8.50. The van der Waals surface area contributed by atoms with Gasteiger partial charge in [0.05, 0.1) is 10.6 Å². The van der Waals surface area contributed by atoms with Crippen molar-refractivity contribution in [2.45, 2.75) is 18.4 Å². The number of hydrogen-bond donors (Lipinski definition) is 0. The van der Waals surface area contributed by atoms with Crippen molar-refractivity contribution in [1.29, 1.82) is 0 Å². The van der Waals surface area contributed by atoms with Crippen molar-refractivity contribution in [2.24, 2.45) is 0 Å². The van der Waals surface area contributed by atoms with Gasteiger partial charge in [0, 0.05) is 30.0 Å². The minimum Gasteiger partial charge on any atom is -0.302 e. The Balaban J connectivity index is 2.19. The maximum Gasteiger partial charge on any atom is 0.307 e. The molecule has 0 amide bonds. The zero-order chi connectivity index (χ0) is 13.2. The molecule has 0 atom stereocenters. The summed E-state index contributed by atoms with van der Waals surface area (Å²) < 4.78 is 25.5. The van der Waals surface area contributed by atoms with Gasteiger partial charge >= 0.3 is 4.87 Å². The topological polar surface area (TPSA) is 69.0 Å². The number of pyridine rings is 1. The normalized spacial score (nSPS) is 11.6. The Morgan fingerprint density at radius 3 is 2.78 bits per heavy atom. The van der Waals surface area contributed by atoms with Gasteiger partial charge in [-0.15, -0.1) is 0 Å². The van der Waals surface area contributed by atoms with Crippen LogP contribution in [-0.4, -0.2) is 23.7 Å². The van der Waals surface area contributed by atoms with Crippen LogP contribution < -0.4 is 4.87 Å². The van der Waals surface area contributed by atoms with E-state index in [4.69, 9.17) is 0 Å². The summed E-state index contributed by atoms with van der Waals surface area (Å²) in [6.45, 7) is 1.96. The summed E-state index contributed by atoms with van der Waals surface area (Å²) in [7, 11) is -3.39. The van der Waals surface area contributed by atoms with Crippen LogP contribution in [0.4, 0.5) is 0 Å². The molecule has 0 aromatic carbocycles. The van der Waals surface area contributed by atoms with E-state index >= 15 is 0 Å². The number of aryl methyl sites for hydroxylation is 1. The van der Waals surface area contributed by atoms with Gasteiger partial charge in [-0.2, -0.15) is 0 Å². The van der Waals surface area contributed by atoms with Gasteiger partial charge in [-0.25, -0.2) is 8.42 Å². The van der Waals surface area contributed by atoms with Crippen LogP contribution in [0.25, 0.3) is 0 Å². The van der Waals surface area contributed by atoms with Crippen LogP contribution in [0.5, 0.6) is 0 Å². The molecule has 0 fully saturated rings. The van der Waals surface area contributed by atoms with Crippen LogP contribution >= 0.6 is 11.3 Å². The third kappa shape index (κ3) is 2.68. The van der Waals surface area contributed by atoms with Crippen molar-refractivity contribution in [2.75, 3.05) is 5.75 Å². The number of sulfone groups is 1. The molecule has 2 aromatic heterocycles. The Hall–Kier alpha value is -1.47. The molecule has 0 spiro atoms. The summed E-state index contributed by atoms with van der Waals surface area (Å²) in [6.07, 6.45) is 2.84. The first kappa shape index (κ1) is 13.0.